The van der Waals surface area contributed by atoms with E-state index in [0.29, 0.717) is 15.9 Å². The number of hydrogen-bond donors (Lipinski definition) is 2. The third-order valence-corrected chi connectivity index (χ3v) is 6.20. The molecule has 4 heterocycles. The number of H-pyrrole nitrogens is 1. The molecule has 1 aliphatic rings. The second-order valence-electron chi connectivity index (χ2n) is 6.99. The molecule has 1 aliphatic heterocycles. The van der Waals surface area contributed by atoms with Gasteiger partial charge in [-0.2, -0.15) is 0 Å². The summed E-state index contributed by atoms with van der Waals surface area (Å²) in [4.78, 5) is 48.9. The van der Waals surface area contributed by atoms with Gasteiger partial charge in [-0.15, -0.1) is 11.3 Å². The monoisotopic (exact) mass is 414 g/mol. The van der Waals surface area contributed by atoms with Gasteiger partial charge in [0.1, 0.15) is 10.5 Å². The molecule has 0 unspecified atom stereocenters. The lowest BCUT2D eigenvalue weighted by Gasteiger charge is -2.35. The van der Waals surface area contributed by atoms with Gasteiger partial charge in [0.05, 0.1) is 17.3 Å². The predicted molar refractivity (Wildman–Crippen MR) is 113 cm³/mol. The molecule has 0 saturated carbocycles. The van der Waals surface area contributed by atoms with Gasteiger partial charge in [0, 0.05) is 51.7 Å². The van der Waals surface area contributed by atoms with Crippen LogP contribution in [0.4, 0.5) is 5.69 Å². The number of piperazine rings is 1. The maximum Gasteiger partial charge on any atom is 0.329 e. The molecule has 29 heavy (non-hydrogen) atoms. The number of thiophene rings is 1. The van der Waals surface area contributed by atoms with Gasteiger partial charge < -0.3 is 10.2 Å². The first kappa shape index (κ1) is 19.3. The molecule has 10 heteroatoms. The van der Waals surface area contributed by atoms with Gasteiger partial charge in [0.15, 0.2) is 0 Å². The molecule has 3 aromatic rings. The van der Waals surface area contributed by atoms with Gasteiger partial charge >= 0.3 is 5.69 Å². The molecule has 1 amide bonds. The van der Waals surface area contributed by atoms with Crippen LogP contribution in [0.5, 0.6) is 0 Å². The standard InChI is InChI=1S/C19H22N6O3S/c1-20-16(26)15-4-3-12(10-21-15)25-7-5-24(6-8-25)11-13-9-14-17(29-13)22-19(28)23(2)18(14)27/h3-4,9-10H,5-8,11H2,1-2H3,(H,20,26)(H,22,28). The summed E-state index contributed by atoms with van der Waals surface area (Å²) in [6, 6.07) is 5.54. The van der Waals surface area contributed by atoms with E-state index in [-0.39, 0.29) is 17.2 Å². The second-order valence-corrected chi connectivity index (χ2v) is 8.13. The van der Waals surface area contributed by atoms with Gasteiger partial charge in [-0.25, -0.2) is 9.78 Å². The lowest BCUT2D eigenvalue weighted by Crippen LogP contribution is -2.45. The van der Waals surface area contributed by atoms with Crippen LogP contribution in [-0.2, 0) is 13.6 Å². The molecule has 1 fully saturated rings. The number of nitrogens with zero attached hydrogens (tertiary/aromatic N) is 4. The van der Waals surface area contributed by atoms with Crippen LogP contribution in [0.25, 0.3) is 10.2 Å². The summed E-state index contributed by atoms with van der Waals surface area (Å²) in [7, 11) is 3.07. The molecule has 152 valence electrons. The van der Waals surface area contributed by atoms with Crippen LogP contribution in [0.3, 0.4) is 0 Å². The number of aromatic amines is 1. The fraction of sp³-hybridized carbons (Fsp3) is 0.368. The number of rotatable bonds is 4. The Bertz CT molecular complexity index is 1160. The Morgan fingerprint density at radius 2 is 2.00 bits per heavy atom. The number of fused-ring (bicyclic) bond motifs is 1. The van der Waals surface area contributed by atoms with E-state index in [1.54, 1.807) is 19.3 Å². The highest BCUT2D eigenvalue weighted by Crippen LogP contribution is 2.23. The van der Waals surface area contributed by atoms with Crippen molar-refractivity contribution >= 4 is 33.1 Å². The smallest absolute Gasteiger partial charge is 0.329 e. The molecular formula is C19H22N6O3S. The summed E-state index contributed by atoms with van der Waals surface area (Å²) in [5.74, 6) is -0.194. The van der Waals surface area contributed by atoms with E-state index >= 15 is 0 Å². The summed E-state index contributed by atoms with van der Waals surface area (Å²) >= 11 is 1.46. The largest absolute Gasteiger partial charge is 0.368 e. The Hall–Kier alpha value is -2.98. The Morgan fingerprint density at radius 3 is 2.66 bits per heavy atom. The molecule has 9 nitrogen and oxygen atoms in total. The van der Waals surface area contributed by atoms with Crippen LogP contribution in [-0.4, -0.2) is 58.6 Å². The van der Waals surface area contributed by atoms with Crippen molar-refractivity contribution in [3.63, 3.8) is 0 Å². The van der Waals surface area contributed by atoms with Crippen molar-refractivity contribution in [1.82, 2.24) is 24.8 Å². The first-order valence-electron chi connectivity index (χ1n) is 9.33. The topological polar surface area (TPSA) is 103 Å². The Balaban J connectivity index is 1.41. The highest BCUT2D eigenvalue weighted by atomic mass is 32.1. The van der Waals surface area contributed by atoms with Gasteiger partial charge in [-0.1, -0.05) is 0 Å². The average Bonchev–Trinajstić information content (AvgIpc) is 3.14. The molecule has 0 aliphatic carbocycles. The van der Waals surface area contributed by atoms with Crippen molar-refractivity contribution in [3.8, 4) is 0 Å². The zero-order valence-electron chi connectivity index (χ0n) is 16.3. The van der Waals surface area contributed by atoms with Crippen LogP contribution in [0.15, 0.2) is 34.0 Å². The number of carbonyl (C=O) groups is 1. The molecular weight excluding hydrogens is 392 g/mol. The molecule has 0 bridgehead atoms. The number of hydrogen-bond acceptors (Lipinski definition) is 7. The first-order valence-corrected chi connectivity index (χ1v) is 10.1. The van der Waals surface area contributed by atoms with Gasteiger partial charge in [0.25, 0.3) is 11.5 Å². The summed E-state index contributed by atoms with van der Waals surface area (Å²) in [6.07, 6.45) is 1.73. The minimum Gasteiger partial charge on any atom is -0.368 e. The summed E-state index contributed by atoms with van der Waals surface area (Å²) in [5, 5.41) is 3.13. The number of pyridine rings is 1. The Morgan fingerprint density at radius 1 is 1.24 bits per heavy atom. The van der Waals surface area contributed by atoms with Crippen LogP contribution >= 0.6 is 11.3 Å². The van der Waals surface area contributed by atoms with Gasteiger partial charge in [-0.05, 0) is 18.2 Å². The van der Waals surface area contributed by atoms with Crippen LogP contribution in [0.1, 0.15) is 15.4 Å². The minimum absolute atomic E-state index is 0.194. The van der Waals surface area contributed by atoms with Crippen molar-refractivity contribution in [2.45, 2.75) is 6.54 Å². The van der Waals surface area contributed by atoms with E-state index in [1.165, 1.54) is 18.4 Å². The molecule has 0 radical (unpaired) electrons. The molecule has 3 aromatic heterocycles. The van der Waals surface area contributed by atoms with Crippen LogP contribution in [0.2, 0.25) is 0 Å². The van der Waals surface area contributed by atoms with Crippen LogP contribution in [0, 0.1) is 0 Å². The van der Waals surface area contributed by atoms with Crippen molar-refractivity contribution in [2.24, 2.45) is 7.05 Å². The van der Waals surface area contributed by atoms with E-state index in [0.717, 1.165) is 47.9 Å². The normalized spacial score (nSPS) is 15.0. The minimum atomic E-state index is -0.388. The zero-order chi connectivity index (χ0) is 20.5. The number of nitrogens with one attached hydrogen (secondary N) is 2. The second kappa shape index (κ2) is 7.80. The molecule has 0 atom stereocenters. The third kappa shape index (κ3) is 3.81. The lowest BCUT2D eigenvalue weighted by atomic mass is 10.2. The highest BCUT2D eigenvalue weighted by Gasteiger charge is 2.19. The molecule has 0 spiro atoms. The maximum atomic E-state index is 12.2. The number of carbonyl (C=O) groups excluding carboxylic acids is 1. The zero-order valence-corrected chi connectivity index (χ0v) is 17.1. The SMILES string of the molecule is CNC(=O)c1ccc(N2CCN(Cc3cc4c(=O)n(C)c(=O)[nH]c4s3)CC2)cn1. The van der Waals surface area contributed by atoms with E-state index in [1.807, 2.05) is 12.1 Å². The average molecular weight is 414 g/mol. The fourth-order valence-corrected chi connectivity index (χ4v) is 4.53. The Labute approximate surface area is 170 Å². The van der Waals surface area contributed by atoms with Crippen molar-refractivity contribution in [1.29, 1.82) is 0 Å². The predicted octanol–water partition coefficient (Wildman–Crippen LogP) is 0.365. The van der Waals surface area contributed by atoms with E-state index in [2.05, 4.69) is 25.1 Å². The van der Waals surface area contributed by atoms with Crippen molar-refractivity contribution < 1.29 is 4.79 Å². The molecule has 0 aromatic carbocycles. The van der Waals surface area contributed by atoms with Gasteiger partial charge in [-0.3, -0.25) is 24.0 Å². The lowest BCUT2D eigenvalue weighted by molar-refractivity contribution is 0.0958. The maximum absolute atomic E-state index is 12.2. The quantitative estimate of drug-likeness (QED) is 0.639. The van der Waals surface area contributed by atoms with E-state index in [9.17, 15) is 14.4 Å². The Kier molecular flexibility index (Phi) is 5.20. The summed E-state index contributed by atoms with van der Waals surface area (Å²) in [6.45, 7) is 4.20. The van der Waals surface area contributed by atoms with Crippen LogP contribution < -0.4 is 21.5 Å². The van der Waals surface area contributed by atoms with E-state index < -0.39 is 0 Å². The number of amides is 1. The third-order valence-electron chi connectivity index (χ3n) is 5.17. The van der Waals surface area contributed by atoms with Gasteiger partial charge in [0.2, 0.25) is 0 Å². The molecule has 1 saturated heterocycles. The van der Waals surface area contributed by atoms with E-state index in [4.69, 9.17) is 0 Å². The molecule has 2 N–H and O–H groups in total. The summed E-state index contributed by atoms with van der Waals surface area (Å²) in [5.41, 5.74) is 0.758. The first-order chi connectivity index (χ1) is 14.0. The fourth-order valence-electron chi connectivity index (χ4n) is 3.45. The van der Waals surface area contributed by atoms with Crippen molar-refractivity contribution in [2.75, 3.05) is 38.1 Å². The summed E-state index contributed by atoms with van der Waals surface area (Å²) < 4.78 is 1.10. The highest BCUT2D eigenvalue weighted by molar-refractivity contribution is 7.18. The number of anilines is 1. The molecule has 4 rings (SSSR count). The van der Waals surface area contributed by atoms with Crippen molar-refractivity contribution in [3.05, 3.63) is 55.8 Å². The number of aromatic nitrogens is 3.